The first kappa shape index (κ1) is 18.2. The molecule has 0 saturated carbocycles. The van der Waals surface area contributed by atoms with Gasteiger partial charge in [-0.3, -0.25) is 0 Å². The molecule has 0 atom stereocenters. The zero-order valence-corrected chi connectivity index (χ0v) is 15.4. The first-order valence-electron chi connectivity index (χ1n) is 8.25. The number of sulfonamides is 1. The van der Waals surface area contributed by atoms with Crippen LogP contribution in [-0.2, 0) is 10.0 Å². The lowest BCUT2D eigenvalue weighted by Crippen LogP contribution is -2.37. The smallest absolute Gasteiger partial charge is 0.240 e. The molecule has 5 nitrogen and oxygen atoms in total. The van der Waals surface area contributed by atoms with Crippen LogP contribution >= 0.6 is 0 Å². The Kier molecular flexibility index (Phi) is 6.06. The fourth-order valence-electron chi connectivity index (χ4n) is 2.94. The van der Waals surface area contributed by atoms with Crippen LogP contribution in [0.1, 0.15) is 30.9 Å². The van der Waals surface area contributed by atoms with Crippen LogP contribution in [0.25, 0.3) is 0 Å². The van der Waals surface area contributed by atoms with E-state index in [0.29, 0.717) is 24.0 Å². The second-order valence-electron chi connectivity index (χ2n) is 6.41. The van der Waals surface area contributed by atoms with Crippen molar-refractivity contribution in [1.82, 2.24) is 9.62 Å². The molecule has 2 rings (SSSR count). The van der Waals surface area contributed by atoms with Gasteiger partial charge in [0.25, 0.3) is 0 Å². The van der Waals surface area contributed by atoms with E-state index in [1.54, 1.807) is 6.07 Å². The van der Waals surface area contributed by atoms with Crippen molar-refractivity contribution in [3.8, 4) is 5.75 Å². The van der Waals surface area contributed by atoms with Gasteiger partial charge < -0.3 is 9.64 Å². The molecule has 0 aromatic heterocycles. The van der Waals surface area contributed by atoms with Crippen LogP contribution in [0.3, 0.4) is 0 Å². The molecular weight excluding hydrogens is 312 g/mol. The Bertz CT molecular complexity index is 635. The van der Waals surface area contributed by atoms with Gasteiger partial charge in [-0.05, 0) is 82.9 Å². The Hall–Kier alpha value is -1.11. The van der Waals surface area contributed by atoms with Crippen molar-refractivity contribution in [1.29, 1.82) is 0 Å². The Morgan fingerprint density at radius 3 is 2.48 bits per heavy atom. The molecule has 1 N–H and O–H groups in total. The van der Waals surface area contributed by atoms with Gasteiger partial charge in [0, 0.05) is 6.54 Å². The molecule has 1 fully saturated rings. The minimum atomic E-state index is -3.48. The summed E-state index contributed by atoms with van der Waals surface area (Å²) in [7, 11) is -1.37. The number of nitrogens with one attached hydrogen (secondary N) is 1. The Morgan fingerprint density at radius 2 is 1.87 bits per heavy atom. The molecule has 0 aliphatic carbocycles. The van der Waals surface area contributed by atoms with E-state index in [1.165, 1.54) is 0 Å². The molecule has 0 amide bonds. The zero-order chi connectivity index (χ0) is 17.0. The minimum absolute atomic E-state index is 0.353. The second-order valence-corrected chi connectivity index (χ2v) is 8.15. The fourth-order valence-corrected chi connectivity index (χ4v) is 4.36. The zero-order valence-electron chi connectivity index (χ0n) is 14.6. The van der Waals surface area contributed by atoms with Gasteiger partial charge in [-0.1, -0.05) is 0 Å². The van der Waals surface area contributed by atoms with E-state index in [0.717, 1.165) is 42.8 Å². The number of benzene rings is 1. The Balaban J connectivity index is 2.08. The van der Waals surface area contributed by atoms with Gasteiger partial charge >= 0.3 is 0 Å². The van der Waals surface area contributed by atoms with E-state index >= 15 is 0 Å². The normalized spacial score (nSPS) is 17.4. The van der Waals surface area contributed by atoms with Crippen LogP contribution in [-0.4, -0.2) is 46.6 Å². The monoisotopic (exact) mass is 340 g/mol. The van der Waals surface area contributed by atoms with Crippen molar-refractivity contribution in [2.24, 2.45) is 5.92 Å². The van der Waals surface area contributed by atoms with E-state index in [9.17, 15) is 8.42 Å². The first-order valence-corrected chi connectivity index (χ1v) is 9.74. The molecule has 1 aromatic carbocycles. The lowest BCUT2D eigenvalue weighted by atomic mass is 9.98. The van der Waals surface area contributed by atoms with Crippen molar-refractivity contribution in [2.75, 3.05) is 33.3 Å². The molecule has 1 saturated heterocycles. The van der Waals surface area contributed by atoms with E-state index in [-0.39, 0.29) is 0 Å². The van der Waals surface area contributed by atoms with Gasteiger partial charge in [0.1, 0.15) is 5.75 Å². The van der Waals surface area contributed by atoms with Crippen LogP contribution in [0.15, 0.2) is 17.0 Å². The highest BCUT2D eigenvalue weighted by Crippen LogP contribution is 2.26. The molecular formula is C17H28N2O3S. The summed E-state index contributed by atoms with van der Waals surface area (Å²) in [6.45, 7) is 8.76. The number of nitrogens with zero attached hydrogens (tertiary/aromatic N) is 1. The van der Waals surface area contributed by atoms with Gasteiger partial charge in [0.15, 0.2) is 0 Å². The van der Waals surface area contributed by atoms with Crippen molar-refractivity contribution in [3.05, 3.63) is 23.3 Å². The summed E-state index contributed by atoms with van der Waals surface area (Å²) in [6.07, 6.45) is 2.08. The highest BCUT2D eigenvalue weighted by atomic mass is 32.2. The Morgan fingerprint density at radius 1 is 1.22 bits per heavy atom. The van der Waals surface area contributed by atoms with Gasteiger partial charge in [-0.15, -0.1) is 0 Å². The average Bonchev–Trinajstić information content (AvgIpc) is 2.50. The van der Waals surface area contributed by atoms with Crippen LogP contribution in [0, 0.1) is 19.8 Å². The predicted octanol–water partition coefficient (Wildman–Crippen LogP) is 2.32. The number of ether oxygens (including phenoxy) is 1. The van der Waals surface area contributed by atoms with Crippen LogP contribution < -0.4 is 9.46 Å². The highest BCUT2D eigenvalue weighted by Gasteiger charge is 2.22. The molecule has 0 radical (unpaired) electrons. The molecule has 0 unspecified atom stereocenters. The standard InChI is InChI=1S/C17H28N2O3S/c1-5-22-16-10-14(3)17(11-13(16)2)23(20,21)18-12-15-6-8-19(4)9-7-15/h10-11,15,18H,5-9,12H2,1-4H3. The van der Waals surface area contributed by atoms with Gasteiger partial charge in [-0.25, -0.2) is 13.1 Å². The molecule has 23 heavy (non-hydrogen) atoms. The minimum Gasteiger partial charge on any atom is -0.494 e. The van der Waals surface area contributed by atoms with Crippen molar-refractivity contribution in [2.45, 2.75) is 38.5 Å². The lowest BCUT2D eigenvalue weighted by Gasteiger charge is -2.29. The summed E-state index contributed by atoms with van der Waals surface area (Å²) < 4.78 is 33.6. The van der Waals surface area contributed by atoms with Gasteiger partial charge in [0.05, 0.1) is 11.5 Å². The molecule has 1 heterocycles. The SMILES string of the molecule is CCOc1cc(C)c(S(=O)(=O)NCC2CCN(C)CC2)cc1C. The summed E-state index contributed by atoms with van der Waals surface area (Å²) >= 11 is 0. The molecule has 130 valence electrons. The fraction of sp³-hybridized carbons (Fsp3) is 0.647. The number of likely N-dealkylation sites (tertiary alicyclic amines) is 1. The topological polar surface area (TPSA) is 58.6 Å². The Labute approximate surface area is 140 Å². The maximum absolute atomic E-state index is 12.6. The summed E-state index contributed by atoms with van der Waals surface area (Å²) in [4.78, 5) is 2.64. The van der Waals surface area contributed by atoms with Crippen molar-refractivity contribution < 1.29 is 13.2 Å². The summed E-state index contributed by atoms with van der Waals surface area (Å²) in [5, 5.41) is 0. The van der Waals surface area contributed by atoms with E-state index in [1.807, 2.05) is 26.8 Å². The summed E-state index contributed by atoms with van der Waals surface area (Å²) in [5.41, 5.74) is 1.56. The summed E-state index contributed by atoms with van der Waals surface area (Å²) in [5.74, 6) is 1.17. The maximum Gasteiger partial charge on any atom is 0.240 e. The van der Waals surface area contributed by atoms with E-state index in [2.05, 4.69) is 16.7 Å². The second kappa shape index (κ2) is 7.64. The molecule has 6 heteroatoms. The van der Waals surface area contributed by atoms with Crippen LogP contribution in [0.4, 0.5) is 0 Å². The largest absolute Gasteiger partial charge is 0.494 e. The quantitative estimate of drug-likeness (QED) is 0.863. The third-order valence-electron chi connectivity index (χ3n) is 4.46. The predicted molar refractivity (Wildman–Crippen MR) is 92.5 cm³/mol. The number of hydrogen-bond acceptors (Lipinski definition) is 4. The molecule has 1 aliphatic heterocycles. The van der Waals surface area contributed by atoms with Crippen LogP contribution in [0.5, 0.6) is 5.75 Å². The number of hydrogen-bond donors (Lipinski definition) is 1. The van der Waals surface area contributed by atoms with Gasteiger partial charge in [-0.2, -0.15) is 0 Å². The molecule has 1 aliphatic rings. The maximum atomic E-state index is 12.6. The first-order chi connectivity index (χ1) is 10.8. The van der Waals surface area contributed by atoms with Crippen LogP contribution in [0.2, 0.25) is 0 Å². The molecule has 1 aromatic rings. The molecule has 0 spiro atoms. The third-order valence-corrected chi connectivity index (χ3v) is 6.03. The highest BCUT2D eigenvalue weighted by molar-refractivity contribution is 7.89. The number of piperidine rings is 1. The third kappa shape index (κ3) is 4.68. The number of aryl methyl sites for hydroxylation is 2. The van der Waals surface area contributed by atoms with E-state index < -0.39 is 10.0 Å². The lowest BCUT2D eigenvalue weighted by molar-refractivity contribution is 0.220. The average molecular weight is 340 g/mol. The van der Waals surface area contributed by atoms with E-state index in [4.69, 9.17) is 4.74 Å². The molecule has 0 bridgehead atoms. The summed E-state index contributed by atoms with van der Waals surface area (Å²) in [6, 6.07) is 3.51. The number of rotatable bonds is 6. The van der Waals surface area contributed by atoms with Crippen molar-refractivity contribution in [3.63, 3.8) is 0 Å². The van der Waals surface area contributed by atoms with Gasteiger partial charge in [0.2, 0.25) is 10.0 Å². The van der Waals surface area contributed by atoms with Crippen molar-refractivity contribution >= 4 is 10.0 Å².